The zero-order chi connectivity index (χ0) is 19.9. The van der Waals surface area contributed by atoms with Gasteiger partial charge >= 0.3 is 5.97 Å². The highest BCUT2D eigenvalue weighted by Gasteiger charge is 2.50. The van der Waals surface area contributed by atoms with Crippen molar-refractivity contribution < 1.29 is 23.5 Å². The Labute approximate surface area is 161 Å². The molecule has 2 aliphatic rings. The van der Waals surface area contributed by atoms with Gasteiger partial charge in [0.05, 0.1) is 5.41 Å². The SMILES string of the molecule is O=C(C1CC1c1c(F)cccc1F)N1CCC(C(=O)O)(c2ccccc2)CC1. The molecule has 1 aliphatic heterocycles. The van der Waals surface area contributed by atoms with Crippen LogP contribution in [0.1, 0.15) is 36.3 Å². The van der Waals surface area contributed by atoms with Crippen molar-refractivity contribution in [3.8, 4) is 0 Å². The predicted octanol–water partition coefficient (Wildman–Crippen LogP) is 3.71. The second kappa shape index (κ2) is 7.00. The number of piperidine rings is 1. The van der Waals surface area contributed by atoms with Gasteiger partial charge in [-0.15, -0.1) is 0 Å². The molecule has 4 rings (SSSR count). The monoisotopic (exact) mass is 385 g/mol. The number of likely N-dealkylation sites (tertiary alicyclic amines) is 1. The molecule has 1 N–H and O–H groups in total. The molecule has 1 saturated heterocycles. The number of carbonyl (C=O) groups is 2. The van der Waals surface area contributed by atoms with Crippen LogP contribution in [0, 0.1) is 17.6 Å². The maximum absolute atomic E-state index is 14.0. The van der Waals surface area contributed by atoms with Crippen LogP contribution in [-0.2, 0) is 15.0 Å². The summed E-state index contributed by atoms with van der Waals surface area (Å²) in [7, 11) is 0. The fraction of sp³-hybridized carbons (Fsp3) is 0.364. The minimum absolute atomic E-state index is 0.0120. The third kappa shape index (κ3) is 3.07. The molecule has 1 heterocycles. The third-order valence-corrected chi connectivity index (χ3v) is 6.14. The topological polar surface area (TPSA) is 57.6 Å². The first-order valence-electron chi connectivity index (χ1n) is 9.45. The summed E-state index contributed by atoms with van der Waals surface area (Å²) in [5, 5.41) is 9.85. The summed E-state index contributed by atoms with van der Waals surface area (Å²) in [6, 6.07) is 12.8. The first kappa shape index (κ1) is 18.6. The molecule has 0 radical (unpaired) electrons. The molecule has 1 saturated carbocycles. The van der Waals surface area contributed by atoms with Crippen LogP contribution in [-0.4, -0.2) is 35.0 Å². The average molecular weight is 385 g/mol. The lowest BCUT2D eigenvalue weighted by Gasteiger charge is -2.39. The molecular weight excluding hydrogens is 364 g/mol. The molecule has 2 aromatic carbocycles. The predicted molar refractivity (Wildman–Crippen MR) is 98.8 cm³/mol. The summed E-state index contributed by atoms with van der Waals surface area (Å²) in [5.74, 6) is -3.13. The van der Waals surface area contributed by atoms with E-state index in [0.717, 1.165) is 5.56 Å². The molecule has 2 fully saturated rings. The molecule has 146 valence electrons. The summed E-state index contributed by atoms with van der Waals surface area (Å²) >= 11 is 0. The molecule has 28 heavy (non-hydrogen) atoms. The van der Waals surface area contributed by atoms with E-state index in [1.807, 2.05) is 30.3 Å². The quantitative estimate of drug-likeness (QED) is 0.873. The van der Waals surface area contributed by atoms with Gasteiger partial charge in [0.25, 0.3) is 0 Å². The van der Waals surface area contributed by atoms with E-state index in [1.54, 1.807) is 4.90 Å². The molecule has 0 spiro atoms. The zero-order valence-corrected chi connectivity index (χ0v) is 15.3. The summed E-state index contributed by atoms with van der Waals surface area (Å²) in [6.07, 6.45) is 1.07. The Balaban J connectivity index is 1.46. The van der Waals surface area contributed by atoms with E-state index in [-0.39, 0.29) is 11.5 Å². The van der Waals surface area contributed by atoms with Crippen molar-refractivity contribution in [1.82, 2.24) is 4.90 Å². The van der Waals surface area contributed by atoms with Crippen LogP contribution in [0.15, 0.2) is 48.5 Å². The molecule has 2 aromatic rings. The fourth-order valence-corrected chi connectivity index (χ4v) is 4.38. The molecule has 6 heteroatoms. The number of rotatable bonds is 4. The highest BCUT2D eigenvalue weighted by atomic mass is 19.1. The minimum atomic E-state index is -1.00. The van der Waals surface area contributed by atoms with E-state index < -0.39 is 34.9 Å². The van der Waals surface area contributed by atoms with E-state index in [9.17, 15) is 23.5 Å². The van der Waals surface area contributed by atoms with Crippen molar-refractivity contribution in [3.05, 3.63) is 71.3 Å². The largest absolute Gasteiger partial charge is 0.481 e. The van der Waals surface area contributed by atoms with Crippen LogP contribution in [0.4, 0.5) is 8.78 Å². The summed E-state index contributed by atoms with van der Waals surface area (Å²) in [4.78, 5) is 26.5. The molecular formula is C22H21F2NO3. The first-order chi connectivity index (χ1) is 13.4. The van der Waals surface area contributed by atoms with Crippen molar-refractivity contribution in [2.75, 3.05) is 13.1 Å². The number of carboxylic acid groups (broad SMARTS) is 1. The van der Waals surface area contributed by atoms with Gasteiger partial charge in [0, 0.05) is 30.5 Å². The van der Waals surface area contributed by atoms with Crippen molar-refractivity contribution in [3.63, 3.8) is 0 Å². The maximum Gasteiger partial charge on any atom is 0.314 e. The summed E-state index contributed by atoms with van der Waals surface area (Å²) in [5.41, 5.74) is -0.270. The lowest BCUT2D eigenvalue weighted by molar-refractivity contribution is -0.148. The van der Waals surface area contributed by atoms with Crippen LogP contribution in [0.5, 0.6) is 0 Å². The van der Waals surface area contributed by atoms with E-state index in [1.165, 1.54) is 18.2 Å². The van der Waals surface area contributed by atoms with E-state index in [0.29, 0.717) is 32.4 Å². The van der Waals surface area contributed by atoms with Gasteiger partial charge in [0.1, 0.15) is 11.6 Å². The van der Waals surface area contributed by atoms with Crippen LogP contribution in [0.3, 0.4) is 0 Å². The zero-order valence-electron chi connectivity index (χ0n) is 15.3. The van der Waals surface area contributed by atoms with E-state index in [4.69, 9.17) is 0 Å². The number of amides is 1. The molecule has 2 unspecified atom stereocenters. The van der Waals surface area contributed by atoms with E-state index >= 15 is 0 Å². The van der Waals surface area contributed by atoms with Gasteiger partial charge in [-0.25, -0.2) is 8.78 Å². The molecule has 4 nitrogen and oxygen atoms in total. The average Bonchev–Trinajstić information content (AvgIpc) is 3.48. The van der Waals surface area contributed by atoms with Gasteiger partial charge in [0.15, 0.2) is 0 Å². The maximum atomic E-state index is 14.0. The van der Waals surface area contributed by atoms with Gasteiger partial charge in [-0.05, 0) is 37.0 Å². The Hall–Kier alpha value is -2.76. The lowest BCUT2D eigenvalue weighted by Crippen LogP contribution is -2.49. The molecule has 2 atom stereocenters. The number of carboxylic acids is 1. The molecule has 0 bridgehead atoms. The highest BCUT2D eigenvalue weighted by molar-refractivity contribution is 5.85. The number of hydrogen-bond acceptors (Lipinski definition) is 2. The Morgan fingerprint density at radius 1 is 0.964 bits per heavy atom. The smallest absolute Gasteiger partial charge is 0.314 e. The molecule has 0 aromatic heterocycles. The summed E-state index contributed by atoms with van der Waals surface area (Å²) < 4.78 is 27.9. The number of benzene rings is 2. The number of carbonyl (C=O) groups excluding carboxylic acids is 1. The van der Waals surface area contributed by atoms with Gasteiger partial charge in [0.2, 0.25) is 5.91 Å². The summed E-state index contributed by atoms with van der Waals surface area (Å²) in [6.45, 7) is 0.645. The van der Waals surface area contributed by atoms with Crippen LogP contribution in [0.2, 0.25) is 0 Å². The highest BCUT2D eigenvalue weighted by Crippen LogP contribution is 2.50. The van der Waals surface area contributed by atoms with Crippen molar-refractivity contribution in [2.24, 2.45) is 5.92 Å². The van der Waals surface area contributed by atoms with E-state index in [2.05, 4.69) is 0 Å². The van der Waals surface area contributed by atoms with Crippen molar-refractivity contribution in [2.45, 2.75) is 30.6 Å². The lowest BCUT2D eigenvalue weighted by atomic mass is 9.73. The first-order valence-corrected chi connectivity index (χ1v) is 9.45. The van der Waals surface area contributed by atoms with Gasteiger partial charge in [-0.2, -0.15) is 0 Å². The number of hydrogen-bond donors (Lipinski definition) is 1. The van der Waals surface area contributed by atoms with Crippen molar-refractivity contribution in [1.29, 1.82) is 0 Å². The second-order valence-electron chi connectivity index (χ2n) is 7.66. The van der Waals surface area contributed by atoms with Gasteiger partial charge in [-0.1, -0.05) is 36.4 Å². The van der Waals surface area contributed by atoms with Crippen LogP contribution < -0.4 is 0 Å². The van der Waals surface area contributed by atoms with Gasteiger partial charge in [-0.3, -0.25) is 9.59 Å². The third-order valence-electron chi connectivity index (χ3n) is 6.14. The normalized spacial score (nSPS) is 23.3. The minimum Gasteiger partial charge on any atom is -0.481 e. The number of aliphatic carboxylic acids is 1. The van der Waals surface area contributed by atoms with Crippen LogP contribution in [0.25, 0.3) is 0 Å². The number of nitrogens with zero attached hydrogens (tertiary/aromatic N) is 1. The Bertz CT molecular complexity index is 887. The Kier molecular flexibility index (Phi) is 4.65. The molecule has 1 amide bonds. The fourth-order valence-electron chi connectivity index (χ4n) is 4.38. The second-order valence-corrected chi connectivity index (χ2v) is 7.66. The van der Waals surface area contributed by atoms with Crippen LogP contribution >= 0.6 is 0 Å². The molecule has 1 aliphatic carbocycles. The number of halogens is 2. The standard InChI is InChI=1S/C22H21F2NO3/c23-17-7-4-8-18(24)19(17)15-13-16(15)20(26)25-11-9-22(10-12-25,21(27)28)14-5-2-1-3-6-14/h1-8,15-16H,9-13H2,(H,27,28). The Morgan fingerprint density at radius 3 is 2.14 bits per heavy atom. The van der Waals surface area contributed by atoms with Crippen molar-refractivity contribution >= 4 is 11.9 Å². The Morgan fingerprint density at radius 2 is 1.57 bits per heavy atom. The van der Waals surface area contributed by atoms with Gasteiger partial charge < -0.3 is 10.0 Å².